The summed E-state index contributed by atoms with van der Waals surface area (Å²) in [6, 6.07) is 12.9. The number of ether oxygens (including phenoxy) is 1. The fourth-order valence-corrected chi connectivity index (χ4v) is 3.19. The van der Waals surface area contributed by atoms with Gasteiger partial charge in [-0.05, 0) is 68.1 Å². The van der Waals surface area contributed by atoms with Crippen LogP contribution in [0.5, 0.6) is 5.75 Å². The first-order valence-electron chi connectivity index (χ1n) is 8.91. The van der Waals surface area contributed by atoms with Crippen LogP contribution in [0.4, 0.5) is 5.69 Å². The molecule has 5 heteroatoms. The molecule has 1 heterocycles. The number of nitrogens with zero attached hydrogens (tertiary/aromatic N) is 1. The van der Waals surface area contributed by atoms with Crippen LogP contribution in [-0.4, -0.2) is 36.4 Å². The summed E-state index contributed by atoms with van der Waals surface area (Å²) < 4.78 is 5.57. The lowest BCUT2D eigenvalue weighted by Gasteiger charge is -2.16. The lowest BCUT2D eigenvalue weighted by molar-refractivity contribution is -0.118. The van der Waals surface area contributed by atoms with E-state index in [4.69, 9.17) is 4.74 Å². The Morgan fingerprint density at radius 1 is 1.04 bits per heavy atom. The van der Waals surface area contributed by atoms with Gasteiger partial charge in [0, 0.05) is 24.3 Å². The SMILES string of the molecule is Cc1cc(C)cc(OCC(=O)Nc2cccc(C(=O)N3CCCC3)c2)c1. The zero-order chi connectivity index (χ0) is 18.5. The molecule has 5 nitrogen and oxygen atoms in total. The Hall–Kier alpha value is -2.82. The van der Waals surface area contributed by atoms with Gasteiger partial charge in [0.25, 0.3) is 11.8 Å². The first-order chi connectivity index (χ1) is 12.5. The molecular formula is C21H24N2O3. The number of aryl methyl sites for hydroxylation is 2. The molecule has 0 bridgehead atoms. The minimum Gasteiger partial charge on any atom is -0.484 e. The van der Waals surface area contributed by atoms with Crippen molar-refractivity contribution < 1.29 is 14.3 Å². The van der Waals surface area contributed by atoms with Crippen molar-refractivity contribution in [1.29, 1.82) is 0 Å². The Bertz CT molecular complexity index is 790. The Labute approximate surface area is 154 Å². The van der Waals surface area contributed by atoms with E-state index in [9.17, 15) is 9.59 Å². The van der Waals surface area contributed by atoms with Crippen molar-refractivity contribution in [3.05, 3.63) is 59.2 Å². The van der Waals surface area contributed by atoms with Crippen molar-refractivity contribution in [1.82, 2.24) is 4.90 Å². The van der Waals surface area contributed by atoms with Gasteiger partial charge in [-0.15, -0.1) is 0 Å². The Balaban J connectivity index is 1.58. The quantitative estimate of drug-likeness (QED) is 0.895. The number of carbonyl (C=O) groups is 2. The number of benzene rings is 2. The van der Waals surface area contributed by atoms with Gasteiger partial charge in [0.1, 0.15) is 5.75 Å². The Kier molecular flexibility index (Phi) is 5.56. The van der Waals surface area contributed by atoms with E-state index in [1.807, 2.05) is 30.9 Å². The number of carbonyl (C=O) groups excluding carboxylic acids is 2. The summed E-state index contributed by atoms with van der Waals surface area (Å²) in [6.07, 6.45) is 2.11. The van der Waals surface area contributed by atoms with E-state index in [0.29, 0.717) is 17.0 Å². The molecule has 0 aromatic heterocycles. The molecule has 0 saturated carbocycles. The van der Waals surface area contributed by atoms with Gasteiger partial charge in [-0.25, -0.2) is 0 Å². The lowest BCUT2D eigenvalue weighted by Crippen LogP contribution is -2.27. The second kappa shape index (κ2) is 8.04. The van der Waals surface area contributed by atoms with Crippen LogP contribution in [0, 0.1) is 13.8 Å². The summed E-state index contributed by atoms with van der Waals surface area (Å²) in [7, 11) is 0. The van der Waals surface area contributed by atoms with E-state index in [0.717, 1.165) is 37.1 Å². The molecule has 0 unspecified atom stereocenters. The molecule has 0 atom stereocenters. The number of likely N-dealkylation sites (tertiary alicyclic amines) is 1. The largest absolute Gasteiger partial charge is 0.484 e. The molecule has 2 aromatic carbocycles. The smallest absolute Gasteiger partial charge is 0.262 e. The second-order valence-corrected chi connectivity index (χ2v) is 6.74. The molecule has 0 aliphatic carbocycles. The topological polar surface area (TPSA) is 58.6 Å². The summed E-state index contributed by atoms with van der Waals surface area (Å²) in [5.74, 6) is 0.440. The van der Waals surface area contributed by atoms with Gasteiger partial charge < -0.3 is 15.0 Å². The first kappa shape index (κ1) is 18.0. The van der Waals surface area contributed by atoms with Gasteiger partial charge in [0.2, 0.25) is 0 Å². The zero-order valence-corrected chi connectivity index (χ0v) is 15.2. The van der Waals surface area contributed by atoms with Crippen molar-refractivity contribution in [2.45, 2.75) is 26.7 Å². The molecule has 1 aliphatic heterocycles. The molecule has 1 fully saturated rings. The van der Waals surface area contributed by atoms with Crippen molar-refractivity contribution in [2.24, 2.45) is 0 Å². The Morgan fingerprint density at radius 2 is 1.73 bits per heavy atom. The third-order valence-electron chi connectivity index (χ3n) is 4.35. The monoisotopic (exact) mass is 352 g/mol. The number of hydrogen-bond donors (Lipinski definition) is 1. The van der Waals surface area contributed by atoms with Gasteiger partial charge >= 0.3 is 0 Å². The predicted octanol–water partition coefficient (Wildman–Crippen LogP) is 3.56. The number of hydrogen-bond acceptors (Lipinski definition) is 3. The first-order valence-corrected chi connectivity index (χ1v) is 8.91. The summed E-state index contributed by atoms with van der Waals surface area (Å²) in [4.78, 5) is 26.5. The standard InChI is InChI=1S/C21H24N2O3/c1-15-10-16(2)12-19(11-15)26-14-20(24)22-18-7-5-6-17(13-18)21(25)23-8-3-4-9-23/h5-7,10-13H,3-4,8-9,14H2,1-2H3,(H,22,24). The Morgan fingerprint density at radius 3 is 2.42 bits per heavy atom. The molecule has 26 heavy (non-hydrogen) atoms. The maximum Gasteiger partial charge on any atom is 0.262 e. The summed E-state index contributed by atoms with van der Waals surface area (Å²) in [6.45, 7) is 5.51. The van der Waals surface area contributed by atoms with Crippen molar-refractivity contribution in [3.63, 3.8) is 0 Å². The molecule has 0 spiro atoms. The highest BCUT2D eigenvalue weighted by Crippen LogP contribution is 2.18. The summed E-state index contributed by atoms with van der Waals surface area (Å²) >= 11 is 0. The zero-order valence-electron chi connectivity index (χ0n) is 15.2. The molecule has 2 aromatic rings. The van der Waals surface area contributed by atoms with Crippen molar-refractivity contribution >= 4 is 17.5 Å². The number of amides is 2. The molecule has 136 valence electrons. The second-order valence-electron chi connectivity index (χ2n) is 6.74. The van der Waals surface area contributed by atoms with Gasteiger partial charge in [-0.3, -0.25) is 9.59 Å². The van der Waals surface area contributed by atoms with E-state index < -0.39 is 0 Å². The van der Waals surface area contributed by atoms with E-state index in [1.165, 1.54) is 0 Å². The lowest BCUT2D eigenvalue weighted by atomic mass is 10.1. The summed E-state index contributed by atoms with van der Waals surface area (Å²) in [5, 5.41) is 2.79. The van der Waals surface area contributed by atoms with E-state index in [-0.39, 0.29) is 18.4 Å². The van der Waals surface area contributed by atoms with E-state index in [2.05, 4.69) is 11.4 Å². The highest BCUT2D eigenvalue weighted by atomic mass is 16.5. The summed E-state index contributed by atoms with van der Waals surface area (Å²) in [5.41, 5.74) is 3.38. The van der Waals surface area contributed by atoms with Crippen LogP contribution < -0.4 is 10.1 Å². The van der Waals surface area contributed by atoms with Crippen molar-refractivity contribution in [2.75, 3.05) is 25.0 Å². The maximum absolute atomic E-state index is 12.4. The molecule has 2 amide bonds. The highest BCUT2D eigenvalue weighted by Gasteiger charge is 2.19. The van der Waals surface area contributed by atoms with Crippen LogP contribution in [0.25, 0.3) is 0 Å². The van der Waals surface area contributed by atoms with Crippen LogP contribution in [0.2, 0.25) is 0 Å². The van der Waals surface area contributed by atoms with Crippen LogP contribution in [0.3, 0.4) is 0 Å². The molecule has 1 saturated heterocycles. The fourth-order valence-electron chi connectivity index (χ4n) is 3.19. The predicted molar refractivity (Wildman–Crippen MR) is 102 cm³/mol. The molecule has 1 N–H and O–H groups in total. The average Bonchev–Trinajstić information content (AvgIpc) is 3.13. The third-order valence-corrected chi connectivity index (χ3v) is 4.35. The van der Waals surface area contributed by atoms with E-state index in [1.54, 1.807) is 24.3 Å². The van der Waals surface area contributed by atoms with Gasteiger partial charge in [0.15, 0.2) is 6.61 Å². The van der Waals surface area contributed by atoms with Crippen molar-refractivity contribution in [3.8, 4) is 5.75 Å². The van der Waals surface area contributed by atoms with Gasteiger partial charge in [-0.1, -0.05) is 12.1 Å². The maximum atomic E-state index is 12.4. The highest BCUT2D eigenvalue weighted by molar-refractivity contribution is 5.97. The fraction of sp³-hybridized carbons (Fsp3) is 0.333. The van der Waals surface area contributed by atoms with Crippen LogP contribution in [-0.2, 0) is 4.79 Å². The van der Waals surface area contributed by atoms with Gasteiger partial charge in [0.05, 0.1) is 0 Å². The minimum absolute atomic E-state index is 0.0186. The molecular weight excluding hydrogens is 328 g/mol. The number of rotatable bonds is 5. The third kappa shape index (κ3) is 4.63. The molecule has 1 aliphatic rings. The normalized spacial score (nSPS) is 13.5. The molecule has 3 rings (SSSR count). The van der Waals surface area contributed by atoms with Crippen LogP contribution in [0.15, 0.2) is 42.5 Å². The average molecular weight is 352 g/mol. The van der Waals surface area contributed by atoms with Crippen LogP contribution in [0.1, 0.15) is 34.3 Å². The molecule has 0 radical (unpaired) electrons. The van der Waals surface area contributed by atoms with E-state index >= 15 is 0 Å². The number of nitrogens with one attached hydrogen (secondary N) is 1. The van der Waals surface area contributed by atoms with Crippen LogP contribution >= 0.6 is 0 Å². The van der Waals surface area contributed by atoms with Gasteiger partial charge in [-0.2, -0.15) is 0 Å². The number of anilines is 1. The minimum atomic E-state index is -0.255.